The fourth-order valence-electron chi connectivity index (χ4n) is 1.83. The molecule has 0 saturated heterocycles. The van der Waals surface area contributed by atoms with E-state index < -0.39 is 5.97 Å². The molecule has 0 spiro atoms. The number of carboxylic acid groups (broad SMARTS) is 1. The summed E-state index contributed by atoms with van der Waals surface area (Å²) in [6.07, 6.45) is 4.48. The monoisotopic (exact) mass is 245 g/mol. The average Bonchev–Trinajstić information content (AvgIpc) is 2.27. The first kappa shape index (κ1) is 13.8. The molecule has 94 valence electrons. The van der Waals surface area contributed by atoms with Gasteiger partial charge in [0.05, 0.1) is 5.56 Å². The summed E-state index contributed by atoms with van der Waals surface area (Å²) in [7, 11) is 0. The van der Waals surface area contributed by atoms with Gasteiger partial charge in [-0.25, -0.2) is 4.79 Å². The van der Waals surface area contributed by atoms with E-state index in [9.17, 15) is 4.79 Å². The van der Waals surface area contributed by atoms with Gasteiger partial charge in [-0.2, -0.15) is 0 Å². The summed E-state index contributed by atoms with van der Waals surface area (Å²) < 4.78 is 0. The molecule has 0 saturated carbocycles. The summed E-state index contributed by atoms with van der Waals surface area (Å²) in [4.78, 5) is 13.7. The number of aryl methyl sites for hydroxylation is 2. The third-order valence-electron chi connectivity index (χ3n) is 2.54. The maximum absolute atomic E-state index is 11.0. The lowest BCUT2D eigenvalue weighted by Crippen LogP contribution is -2.03. The van der Waals surface area contributed by atoms with Gasteiger partial charge in [-0.1, -0.05) is 29.4 Å². The van der Waals surface area contributed by atoms with Crippen LogP contribution in [0.2, 0.25) is 0 Å². The summed E-state index contributed by atoms with van der Waals surface area (Å²) in [6.45, 7) is 4.00. The van der Waals surface area contributed by atoms with Crippen molar-refractivity contribution in [1.29, 1.82) is 0 Å². The van der Waals surface area contributed by atoms with E-state index in [1.807, 2.05) is 24.3 Å². The molecule has 1 N–H and O–H groups in total. The molecule has 0 fully saturated rings. The van der Waals surface area contributed by atoms with Gasteiger partial charge in [0.1, 0.15) is 0 Å². The standard InChI is InChI=1S/C13H15N3O2/c1-9-7-11(5-3-4-6-15-16-14)8-10(2)12(9)13(17)18/h3,5,7-8H,4,6H2,1-2H3,(H,17,18). The largest absolute Gasteiger partial charge is 0.478 e. The zero-order valence-electron chi connectivity index (χ0n) is 10.4. The zero-order valence-corrected chi connectivity index (χ0v) is 10.4. The van der Waals surface area contributed by atoms with Crippen LogP contribution >= 0.6 is 0 Å². The topological polar surface area (TPSA) is 86.1 Å². The highest BCUT2D eigenvalue weighted by atomic mass is 16.4. The van der Waals surface area contributed by atoms with E-state index in [0.717, 1.165) is 16.7 Å². The molecule has 0 bridgehead atoms. The average molecular weight is 245 g/mol. The molecular formula is C13H15N3O2. The van der Waals surface area contributed by atoms with Crippen molar-refractivity contribution in [2.75, 3.05) is 6.54 Å². The van der Waals surface area contributed by atoms with Crippen molar-refractivity contribution in [3.8, 4) is 0 Å². The van der Waals surface area contributed by atoms with Crippen molar-refractivity contribution in [2.24, 2.45) is 5.11 Å². The Labute approximate surface area is 105 Å². The number of carboxylic acids is 1. The second kappa shape index (κ2) is 6.47. The van der Waals surface area contributed by atoms with Crippen molar-refractivity contribution >= 4 is 12.0 Å². The SMILES string of the molecule is Cc1cc(C=CCCN=[N+]=[N-])cc(C)c1C(=O)O. The van der Waals surface area contributed by atoms with E-state index in [2.05, 4.69) is 10.0 Å². The van der Waals surface area contributed by atoms with Gasteiger partial charge in [0.25, 0.3) is 0 Å². The van der Waals surface area contributed by atoms with Gasteiger partial charge >= 0.3 is 5.97 Å². The van der Waals surface area contributed by atoms with Crippen LogP contribution in [-0.4, -0.2) is 17.6 Å². The van der Waals surface area contributed by atoms with E-state index in [4.69, 9.17) is 10.6 Å². The Bertz CT molecular complexity index is 506. The third kappa shape index (κ3) is 3.64. The molecule has 0 heterocycles. The minimum atomic E-state index is -0.899. The number of azide groups is 1. The molecule has 0 aliphatic carbocycles. The second-order valence-electron chi connectivity index (χ2n) is 3.98. The van der Waals surface area contributed by atoms with Crippen molar-refractivity contribution in [3.63, 3.8) is 0 Å². The molecule has 1 rings (SSSR count). The summed E-state index contributed by atoms with van der Waals surface area (Å²) in [5.41, 5.74) is 10.9. The van der Waals surface area contributed by atoms with Crippen LogP contribution in [0.4, 0.5) is 0 Å². The van der Waals surface area contributed by atoms with Crippen molar-refractivity contribution < 1.29 is 9.90 Å². The highest BCUT2D eigenvalue weighted by Crippen LogP contribution is 2.17. The first-order valence-corrected chi connectivity index (χ1v) is 5.58. The highest BCUT2D eigenvalue weighted by Gasteiger charge is 2.10. The Kier molecular flexibility index (Phi) is 4.96. The molecule has 0 atom stereocenters. The van der Waals surface area contributed by atoms with Crippen molar-refractivity contribution in [2.45, 2.75) is 20.3 Å². The second-order valence-corrected chi connectivity index (χ2v) is 3.98. The van der Waals surface area contributed by atoms with Crippen molar-refractivity contribution in [1.82, 2.24) is 0 Å². The fourth-order valence-corrected chi connectivity index (χ4v) is 1.83. The highest BCUT2D eigenvalue weighted by molar-refractivity contribution is 5.91. The van der Waals surface area contributed by atoms with Gasteiger partial charge in [0.2, 0.25) is 0 Å². The lowest BCUT2D eigenvalue weighted by atomic mass is 9.99. The van der Waals surface area contributed by atoms with E-state index in [1.165, 1.54) is 0 Å². The van der Waals surface area contributed by atoms with Crippen LogP contribution < -0.4 is 0 Å². The smallest absolute Gasteiger partial charge is 0.336 e. The number of aromatic carboxylic acids is 1. The molecule has 1 aromatic carbocycles. The molecule has 0 unspecified atom stereocenters. The van der Waals surface area contributed by atoms with Crippen LogP contribution in [0.25, 0.3) is 16.5 Å². The van der Waals surface area contributed by atoms with Gasteiger partial charge in [0.15, 0.2) is 0 Å². The molecule has 18 heavy (non-hydrogen) atoms. The van der Waals surface area contributed by atoms with Crippen LogP contribution in [0.15, 0.2) is 23.3 Å². The molecule has 0 aliphatic rings. The van der Waals surface area contributed by atoms with Gasteiger partial charge in [-0.05, 0) is 42.5 Å². The van der Waals surface area contributed by atoms with E-state index in [0.29, 0.717) is 18.5 Å². The molecule has 5 heteroatoms. The van der Waals surface area contributed by atoms with E-state index in [-0.39, 0.29) is 0 Å². The van der Waals surface area contributed by atoms with Gasteiger partial charge in [-0.15, -0.1) is 0 Å². The van der Waals surface area contributed by atoms with Crippen LogP contribution in [0.1, 0.15) is 33.5 Å². The van der Waals surface area contributed by atoms with Gasteiger partial charge in [-0.3, -0.25) is 0 Å². The maximum Gasteiger partial charge on any atom is 0.336 e. The molecule has 0 aliphatic heterocycles. The van der Waals surface area contributed by atoms with Gasteiger partial charge < -0.3 is 5.11 Å². The minimum Gasteiger partial charge on any atom is -0.478 e. The Morgan fingerprint density at radius 1 is 1.44 bits per heavy atom. The number of rotatable bonds is 5. The van der Waals surface area contributed by atoms with E-state index >= 15 is 0 Å². The molecular weight excluding hydrogens is 230 g/mol. The first-order chi connectivity index (χ1) is 8.56. The Morgan fingerprint density at radius 2 is 2.06 bits per heavy atom. The number of benzene rings is 1. The summed E-state index contributed by atoms with van der Waals surface area (Å²) in [5, 5.41) is 12.5. The molecule has 5 nitrogen and oxygen atoms in total. The summed E-state index contributed by atoms with van der Waals surface area (Å²) >= 11 is 0. The maximum atomic E-state index is 11.0. The lowest BCUT2D eigenvalue weighted by molar-refractivity contribution is 0.0695. The summed E-state index contributed by atoms with van der Waals surface area (Å²) in [6, 6.07) is 3.67. The lowest BCUT2D eigenvalue weighted by Gasteiger charge is -2.06. The predicted octanol–water partition coefficient (Wildman–Crippen LogP) is 3.72. The van der Waals surface area contributed by atoms with Gasteiger partial charge in [0, 0.05) is 11.5 Å². The van der Waals surface area contributed by atoms with Crippen LogP contribution in [-0.2, 0) is 0 Å². The number of carbonyl (C=O) groups is 1. The number of nitrogens with zero attached hydrogens (tertiary/aromatic N) is 3. The van der Waals surface area contributed by atoms with Crippen LogP contribution in [0, 0.1) is 13.8 Å². The number of hydrogen-bond donors (Lipinski definition) is 1. The minimum absolute atomic E-state index is 0.362. The predicted molar refractivity (Wildman–Crippen MR) is 70.5 cm³/mol. The molecule has 0 amide bonds. The zero-order chi connectivity index (χ0) is 13.5. The Hall–Kier alpha value is -2.26. The van der Waals surface area contributed by atoms with Crippen LogP contribution in [0.5, 0.6) is 0 Å². The van der Waals surface area contributed by atoms with E-state index in [1.54, 1.807) is 13.8 Å². The molecule has 0 radical (unpaired) electrons. The van der Waals surface area contributed by atoms with Crippen molar-refractivity contribution in [3.05, 3.63) is 50.9 Å². The normalized spacial score (nSPS) is 10.3. The summed E-state index contributed by atoms with van der Waals surface area (Å²) in [5.74, 6) is -0.899. The van der Waals surface area contributed by atoms with Crippen LogP contribution in [0.3, 0.4) is 0 Å². The molecule has 0 aromatic heterocycles. The Morgan fingerprint density at radius 3 is 2.56 bits per heavy atom. The Balaban J connectivity index is 2.86. The quantitative estimate of drug-likeness (QED) is 0.371. The number of hydrogen-bond acceptors (Lipinski definition) is 2. The third-order valence-corrected chi connectivity index (χ3v) is 2.54. The molecule has 1 aromatic rings. The first-order valence-electron chi connectivity index (χ1n) is 5.58. The fraction of sp³-hybridized carbons (Fsp3) is 0.308.